The third-order valence-corrected chi connectivity index (χ3v) is 4.46. The second-order valence-corrected chi connectivity index (χ2v) is 6.69. The van der Waals surface area contributed by atoms with E-state index in [4.69, 9.17) is 30.4 Å². The SMILES string of the molecule is COCOc1cc(Cl)c(B2OC(C)(C)C(C)(C)O2)cc1C. The van der Waals surface area contributed by atoms with Crippen LogP contribution in [-0.2, 0) is 14.0 Å². The Balaban J connectivity index is 2.28. The summed E-state index contributed by atoms with van der Waals surface area (Å²) < 4.78 is 22.5. The Labute approximate surface area is 131 Å². The fourth-order valence-electron chi connectivity index (χ4n) is 2.11. The quantitative estimate of drug-likeness (QED) is 0.633. The van der Waals surface area contributed by atoms with Gasteiger partial charge in [-0.1, -0.05) is 17.7 Å². The van der Waals surface area contributed by atoms with Gasteiger partial charge in [-0.25, -0.2) is 0 Å². The highest BCUT2D eigenvalue weighted by Crippen LogP contribution is 2.37. The van der Waals surface area contributed by atoms with Crippen LogP contribution in [0.3, 0.4) is 0 Å². The van der Waals surface area contributed by atoms with Crippen molar-refractivity contribution in [3.05, 3.63) is 22.7 Å². The predicted molar refractivity (Wildman–Crippen MR) is 84.4 cm³/mol. The van der Waals surface area contributed by atoms with Crippen LogP contribution in [0.25, 0.3) is 0 Å². The van der Waals surface area contributed by atoms with E-state index in [1.165, 1.54) is 0 Å². The minimum absolute atomic E-state index is 0.188. The van der Waals surface area contributed by atoms with Crippen molar-refractivity contribution in [3.8, 4) is 5.75 Å². The molecule has 1 heterocycles. The first kappa shape index (κ1) is 16.6. The number of hydrogen-bond acceptors (Lipinski definition) is 4. The van der Waals surface area contributed by atoms with Crippen molar-refractivity contribution in [1.29, 1.82) is 0 Å². The maximum absolute atomic E-state index is 6.37. The van der Waals surface area contributed by atoms with Gasteiger partial charge in [-0.05, 0) is 46.2 Å². The van der Waals surface area contributed by atoms with Gasteiger partial charge in [0.05, 0.1) is 11.2 Å². The molecular weight excluding hydrogens is 290 g/mol. The molecule has 0 aromatic heterocycles. The molecule has 0 saturated carbocycles. The van der Waals surface area contributed by atoms with Crippen LogP contribution >= 0.6 is 11.6 Å². The molecule has 1 fully saturated rings. The number of benzene rings is 1. The number of halogens is 1. The molecule has 1 aromatic rings. The lowest BCUT2D eigenvalue weighted by Crippen LogP contribution is -2.41. The van der Waals surface area contributed by atoms with E-state index in [-0.39, 0.29) is 18.0 Å². The molecule has 116 valence electrons. The van der Waals surface area contributed by atoms with Gasteiger partial charge in [0.15, 0.2) is 6.79 Å². The molecule has 1 saturated heterocycles. The van der Waals surface area contributed by atoms with Crippen molar-refractivity contribution in [2.45, 2.75) is 45.8 Å². The summed E-state index contributed by atoms with van der Waals surface area (Å²) in [7, 11) is 1.10. The van der Waals surface area contributed by atoms with Gasteiger partial charge in [-0.2, -0.15) is 0 Å². The summed E-state index contributed by atoms with van der Waals surface area (Å²) in [6.07, 6.45) is 0. The van der Waals surface area contributed by atoms with Gasteiger partial charge in [0.25, 0.3) is 0 Å². The molecule has 1 aliphatic rings. The van der Waals surface area contributed by atoms with Gasteiger partial charge in [0.2, 0.25) is 0 Å². The first-order chi connectivity index (χ1) is 9.68. The second kappa shape index (κ2) is 5.80. The summed E-state index contributed by atoms with van der Waals surface area (Å²) in [6, 6.07) is 3.71. The first-order valence-corrected chi connectivity index (χ1v) is 7.33. The van der Waals surface area contributed by atoms with Crippen LogP contribution < -0.4 is 10.2 Å². The number of methoxy groups -OCH3 is 1. The fourth-order valence-corrected chi connectivity index (χ4v) is 2.36. The molecule has 0 amide bonds. The number of hydrogen-bond donors (Lipinski definition) is 0. The lowest BCUT2D eigenvalue weighted by molar-refractivity contribution is 0.00578. The molecule has 1 aromatic carbocycles. The Bertz CT molecular complexity index is 515. The second-order valence-electron chi connectivity index (χ2n) is 6.28. The Morgan fingerprint density at radius 1 is 1.14 bits per heavy atom. The summed E-state index contributed by atoms with van der Waals surface area (Å²) in [4.78, 5) is 0. The Morgan fingerprint density at radius 3 is 2.24 bits per heavy atom. The molecule has 1 aliphatic heterocycles. The third kappa shape index (κ3) is 3.21. The predicted octanol–water partition coefficient (Wildman–Crippen LogP) is 2.93. The molecule has 0 aliphatic carbocycles. The zero-order valence-corrected chi connectivity index (χ0v) is 14.2. The molecule has 4 nitrogen and oxygen atoms in total. The van der Waals surface area contributed by atoms with Crippen LogP contribution in [0, 0.1) is 6.92 Å². The zero-order valence-electron chi connectivity index (χ0n) is 13.5. The summed E-state index contributed by atoms with van der Waals surface area (Å²) in [5.41, 5.74) is 0.999. The number of rotatable bonds is 4. The minimum atomic E-state index is -0.474. The van der Waals surface area contributed by atoms with Crippen molar-refractivity contribution in [3.63, 3.8) is 0 Å². The molecule has 2 rings (SSSR count). The molecule has 0 atom stereocenters. The maximum Gasteiger partial charge on any atom is 0.496 e. The fraction of sp³-hybridized carbons (Fsp3) is 0.600. The average Bonchev–Trinajstić information content (AvgIpc) is 2.59. The van der Waals surface area contributed by atoms with E-state index in [2.05, 4.69) is 0 Å². The zero-order chi connectivity index (χ0) is 15.8. The van der Waals surface area contributed by atoms with Crippen molar-refractivity contribution < 1.29 is 18.8 Å². The molecule has 0 unspecified atom stereocenters. The Hall–Kier alpha value is -0.745. The molecule has 6 heteroatoms. The van der Waals surface area contributed by atoms with Crippen LogP contribution in [0.4, 0.5) is 0 Å². The van der Waals surface area contributed by atoms with Crippen LogP contribution in [0.2, 0.25) is 5.02 Å². The largest absolute Gasteiger partial charge is 0.496 e. The third-order valence-electron chi connectivity index (χ3n) is 4.13. The molecule has 0 spiro atoms. The van der Waals surface area contributed by atoms with Crippen LogP contribution in [0.5, 0.6) is 5.75 Å². The van der Waals surface area contributed by atoms with E-state index in [1.807, 2.05) is 40.7 Å². The normalized spacial score (nSPS) is 19.9. The van der Waals surface area contributed by atoms with Gasteiger partial charge < -0.3 is 18.8 Å². The lowest BCUT2D eigenvalue weighted by Gasteiger charge is -2.32. The van der Waals surface area contributed by atoms with Gasteiger partial charge >= 0.3 is 7.12 Å². The average molecular weight is 313 g/mol. The topological polar surface area (TPSA) is 36.9 Å². The van der Waals surface area contributed by atoms with E-state index in [1.54, 1.807) is 13.2 Å². The summed E-state index contributed by atoms with van der Waals surface area (Å²) >= 11 is 6.37. The molecule has 0 N–H and O–H groups in total. The van der Waals surface area contributed by atoms with Crippen molar-refractivity contribution in [1.82, 2.24) is 0 Å². The molecular formula is C15H22BClO4. The first-order valence-electron chi connectivity index (χ1n) is 6.95. The maximum atomic E-state index is 6.37. The van der Waals surface area contributed by atoms with Gasteiger partial charge in [-0.15, -0.1) is 0 Å². The molecule has 0 bridgehead atoms. The van der Waals surface area contributed by atoms with Gasteiger partial charge in [0, 0.05) is 17.6 Å². The lowest BCUT2D eigenvalue weighted by atomic mass is 9.78. The van der Waals surface area contributed by atoms with Crippen LogP contribution in [0.15, 0.2) is 12.1 Å². The van der Waals surface area contributed by atoms with Crippen LogP contribution in [0.1, 0.15) is 33.3 Å². The van der Waals surface area contributed by atoms with Crippen molar-refractivity contribution >= 4 is 24.2 Å². The van der Waals surface area contributed by atoms with E-state index < -0.39 is 7.12 Å². The molecule has 21 heavy (non-hydrogen) atoms. The van der Waals surface area contributed by atoms with E-state index in [0.29, 0.717) is 10.8 Å². The van der Waals surface area contributed by atoms with Crippen molar-refractivity contribution in [2.75, 3.05) is 13.9 Å². The summed E-state index contributed by atoms with van der Waals surface area (Å²) in [6.45, 7) is 10.2. The number of aryl methyl sites for hydroxylation is 1. The van der Waals surface area contributed by atoms with Gasteiger partial charge in [0.1, 0.15) is 5.75 Å². The van der Waals surface area contributed by atoms with Gasteiger partial charge in [-0.3, -0.25) is 0 Å². The highest BCUT2D eigenvalue weighted by Gasteiger charge is 2.52. The van der Waals surface area contributed by atoms with Crippen LogP contribution in [-0.4, -0.2) is 32.2 Å². The summed E-state index contributed by atoms with van der Waals surface area (Å²) in [5, 5.41) is 0.560. The minimum Gasteiger partial charge on any atom is -0.467 e. The van der Waals surface area contributed by atoms with E-state index in [0.717, 1.165) is 11.0 Å². The number of ether oxygens (including phenoxy) is 2. The highest BCUT2D eigenvalue weighted by molar-refractivity contribution is 6.65. The van der Waals surface area contributed by atoms with Crippen molar-refractivity contribution in [2.24, 2.45) is 0 Å². The van der Waals surface area contributed by atoms with E-state index >= 15 is 0 Å². The van der Waals surface area contributed by atoms with E-state index in [9.17, 15) is 0 Å². The Morgan fingerprint density at radius 2 is 1.71 bits per heavy atom. The smallest absolute Gasteiger partial charge is 0.467 e. The monoisotopic (exact) mass is 312 g/mol. The molecule has 0 radical (unpaired) electrons. The Kier molecular flexibility index (Phi) is 4.59. The highest BCUT2D eigenvalue weighted by atomic mass is 35.5. The summed E-state index contributed by atoms with van der Waals surface area (Å²) in [5.74, 6) is 0.696. The standard InChI is InChI=1S/C15H22BClO4/c1-10-7-11(12(17)8-13(10)19-9-18-6)16-20-14(2,3)15(4,5)21-16/h7-8H,9H2,1-6H3.